The number of aliphatic hydroxyl groups is 3. The van der Waals surface area contributed by atoms with Crippen LogP contribution in [0.15, 0.2) is 30.3 Å². The van der Waals surface area contributed by atoms with Gasteiger partial charge in [-0.1, -0.05) is 30.3 Å². The minimum absolute atomic E-state index is 0.0180. The molecule has 0 aliphatic carbocycles. The monoisotopic (exact) mass is 255 g/mol. The van der Waals surface area contributed by atoms with Crippen molar-refractivity contribution in [3.8, 4) is 0 Å². The summed E-state index contributed by atoms with van der Waals surface area (Å²) in [5.41, 5.74) is 5.88. The normalized spacial score (nSPS) is 14.9. The summed E-state index contributed by atoms with van der Waals surface area (Å²) in [4.78, 5) is 11.3. The zero-order chi connectivity index (χ0) is 13.8. The third-order valence-corrected chi connectivity index (χ3v) is 2.52. The predicted octanol–water partition coefficient (Wildman–Crippen LogP) is -0.709. The lowest BCUT2D eigenvalue weighted by molar-refractivity contribution is -0.223. The van der Waals surface area contributed by atoms with Crippen molar-refractivity contribution >= 4 is 5.97 Å². The number of hydrogen-bond donors (Lipinski definition) is 4. The maximum atomic E-state index is 11.3. The molecule has 5 N–H and O–H groups in total. The minimum Gasteiger partial charge on any atom is -0.462 e. The number of nitrogens with two attached hydrogens (primary N) is 1. The van der Waals surface area contributed by atoms with Gasteiger partial charge in [0.15, 0.2) is 0 Å². The fourth-order valence-corrected chi connectivity index (χ4v) is 1.45. The Balaban J connectivity index is 2.86. The first-order valence-electron chi connectivity index (χ1n) is 5.51. The second kappa shape index (κ2) is 5.92. The first-order valence-corrected chi connectivity index (χ1v) is 5.51. The number of ether oxygens (including phenoxy) is 1. The zero-order valence-corrected chi connectivity index (χ0v) is 9.98. The van der Waals surface area contributed by atoms with Crippen LogP contribution in [0.3, 0.4) is 0 Å². The smallest absolute Gasteiger partial charge is 0.368 e. The summed E-state index contributed by atoms with van der Waals surface area (Å²) in [6.07, 6.45) is -1.40. The largest absolute Gasteiger partial charge is 0.462 e. The van der Waals surface area contributed by atoms with Crippen LogP contribution in [0.4, 0.5) is 0 Å². The van der Waals surface area contributed by atoms with E-state index in [1.165, 1.54) is 6.92 Å². The Morgan fingerprint density at radius 3 is 2.44 bits per heavy atom. The second-order valence-corrected chi connectivity index (χ2v) is 3.83. The van der Waals surface area contributed by atoms with E-state index in [2.05, 4.69) is 4.74 Å². The second-order valence-electron chi connectivity index (χ2n) is 3.83. The first-order chi connectivity index (χ1) is 8.41. The molecule has 100 valence electrons. The minimum atomic E-state index is -2.94. The van der Waals surface area contributed by atoms with Crippen LogP contribution >= 0.6 is 0 Å². The van der Waals surface area contributed by atoms with Gasteiger partial charge in [-0.15, -0.1) is 0 Å². The molecule has 0 saturated heterocycles. The third-order valence-electron chi connectivity index (χ3n) is 2.52. The van der Waals surface area contributed by atoms with Crippen molar-refractivity contribution < 1.29 is 24.9 Å². The molecule has 1 rings (SSSR count). The summed E-state index contributed by atoms with van der Waals surface area (Å²) in [5, 5.41) is 29.1. The molecule has 0 unspecified atom stereocenters. The number of hydrogen-bond acceptors (Lipinski definition) is 6. The summed E-state index contributed by atoms with van der Waals surface area (Å²) >= 11 is 0. The lowest BCUT2D eigenvalue weighted by Gasteiger charge is -2.29. The molecule has 0 aliphatic rings. The predicted molar refractivity (Wildman–Crippen MR) is 63.2 cm³/mol. The maximum absolute atomic E-state index is 11.3. The van der Waals surface area contributed by atoms with Gasteiger partial charge >= 0.3 is 5.97 Å². The lowest BCUT2D eigenvalue weighted by Crippen LogP contribution is -2.57. The van der Waals surface area contributed by atoms with Crippen LogP contribution in [-0.2, 0) is 9.53 Å². The topological polar surface area (TPSA) is 113 Å². The molecule has 6 heteroatoms. The van der Waals surface area contributed by atoms with Gasteiger partial charge in [-0.05, 0) is 12.5 Å². The first kappa shape index (κ1) is 14.6. The van der Waals surface area contributed by atoms with Crippen LogP contribution in [0.5, 0.6) is 0 Å². The Morgan fingerprint density at radius 2 is 1.94 bits per heavy atom. The van der Waals surface area contributed by atoms with Crippen LogP contribution in [0.25, 0.3) is 0 Å². The molecule has 2 atom stereocenters. The van der Waals surface area contributed by atoms with E-state index in [1.54, 1.807) is 30.3 Å². The summed E-state index contributed by atoms with van der Waals surface area (Å²) in [7, 11) is 0. The van der Waals surface area contributed by atoms with Gasteiger partial charge in [-0.3, -0.25) is 0 Å². The van der Waals surface area contributed by atoms with Crippen molar-refractivity contribution in [1.29, 1.82) is 0 Å². The van der Waals surface area contributed by atoms with Crippen LogP contribution in [0.1, 0.15) is 18.6 Å². The zero-order valence-electron chi connectivity index (χ0n) is 9.98. The van der Waals surface area contributed by atoms with E-state index in [1.807, 2.05) is 0 Å². The van der Waals surface area contributed by atoms with Crippen molar-refractivity contribution in [3.63, 3.8) is 0 Å². The molecule has 0 aliphatic heterocycles. The van der Waals surface area contributed by atoms with Gasteiger partial charge in [0, 0.05) is 0 Å². The van der Waals surface area contributed by atoms with E-state index >= 15 is 0 Å². The molecule has 0 spiro atoms. The van der Waals surface area contributed by atoms with Crippen LogP contribution in [0.2, 0.25) is 0 Å². The van der Waals surface area contributed by atoms with Crippen molar-refractivity contribution in [1.82, 2.24) is 0 Å². The van der Waals surface area contributed by atoms with E-state index in [0.29, 0.717) is 5.56 Å². The van der Waals surface area contributed by atoms with Crippen molar-refractivity contribution in [3.05, 3.63) is 35.9 Å². The Hall–Kier alpha value is -1.47. The van der Waals surface area contributed by atoms with E-state index in [-0.39, 0.29) is 6.61 Å². The molecule has 0 fully saturated rings. The molecule has 18 heavy (non-hydrogen) atoms. The van der Waals surface area contributed by atoms with Gasteiger partial charge in [0.2, 0.25) is 0 Å². The molecule has 1 aromatic rings. The Kier molecular flexibility index (Phi) is 4.80. The Bertz CT molecular complexity index is 393. The van der Waals surface area contributed by atoms with Crippen LogP contribution < -0.4 is 5.73 Å². The van der Waals surface area contributed by atoms with Crippen molar-refractivity contribution in [2.75, 3.05) is 6.61 Å². The van der Waals surface area contributed by atoms with Crippen LogP contribution in [-0.4, -0.2) is 39.7 Å². The number of rotatable bonds is 5. The highest BCUT2D eigenvalue weighted by molar-refractivity contribution is 5.78. The molecule has 0 bridgehead atoms. The molecule has 0 radical (unpaired) electrons. The maximum Gasteiger partial charge on any atom is 0.368 e. The number of benzene rings is 1. The molecule has 1 aromatic carbocycles. The third kappa shape index (κ3) is 3.05. The molecular weight excluding hydrogens is 238 g/mol. The van der Waals surface area contributed by atoms with Gasteiger partial charge in [-0.25, -0.2) is 4.79 Å². The van der Waals surface area contributed by atoms with Crippen LogP contribution in [0, 0.1) is 0 Å². The standard InChI is InChI=1S/C12H17NO5/c1-2-18-11(15)12(16,17)10(13)9(14)8-6-4-3-5-7-8/h3-7,9-10,14,16-17H,2,13H2,1H3/t9-,10+/m0/s1. The number of carbonyl (C=O) groups excluding carboxylic acids is 1. The molecule has 0 heterocycles. The molecule has 0 saturated carbocycles. The van der Waals surface area contributed by atoms with E-state index in [4.69, 9.17) is 5.73 Å². The Labute approximate surface area is 105 Å². The Morgan fingerprint density at radius 1 is 1.39 bits per heavy atom. The molecule has 6 nitrogen and oxygen atoms in total. The van der Waals surface area contributed by atoms with Crippen molar-refractivity contribution in [2.45, 2.75) is 24.9 Å². The highest BCUT2D eigenvalue weighted by Crippen LogP contribution is 2.22. The van der Waals surface area contributed by atoms with Gasteiger partial charge in [0.1, 0.15) is 6.04 Å². The SMILES string of the molecule is CCOC(=O)C(O)(O)[C@H](N)[C@@H](O)c1ccccc1. The summed E-state index contributed by atoms with van der Waals surface area (Å²) in [6, 6.07) is 6.56. The molecular formula is C12H17NO5. The quantitative estimate of drug-likeness (QED) is 0.408. The number of esters is 1. The summed E-state index contributed by atoms with van der Waals surface area (Å²) < 4.78 is 4.48. The fourth-order valence-electron chi connectivity index (χ4n) is 1.45. The summed E-state index contributed by atoms with van der Waals surface area (Å²) in [5.74, 6) is -4.22. The van der Waals surface area contributed by atoms with E-state index in [9.17, 15) is 20.1 Å². The van der Waals surface area contributed by atoms with E-state index < -0.39 is 23.9 Å². The highest BCUT2D eigenvalue weighted by Gasteiger charge is 2.45. The van der Waals surface area contributed by atoms with Gasteiger partial charge < -0.3 is 25.8 Å². The molecule has 0 aromatic heterocycles. The fraction of sp³-hybridized carbons (Fsp3) is 0.417. The van der Waals surface area contributed by atoms with E-state index in [0.717, 1.165) is 0 Å². The van der Waals surface area contributed by atoms with Crippen molar-refractivity contribution in [2.24, 2.45) is 5.73 Å². The summed E-state index contributed by atoms with van der Waals surface area (Å²) in [6.45, 7) is 1.50. The average Bonchev–Trinajstić information content (AvgIpc) is 2.38. The van der Waals surface area contributed by atoms with Gasteiger partial charge in [-0.2, -0.15) is 0 Å². The number of aliphatic hydroxyl groups excluding tert-OH is 1. The number of carbonyl (C=O) groups is 1. The lowest BCUT2D eigenvalue weighted by atomic mass is 9.96. The average molecular weight is 255 g/mol. The van der Waals surface area contributed by atoms with Gasteiger partial charge in [0.05, 0.1) is 12.7 Å². The molecule has 0 amide bonds. The highest BCUT2D eigenvalue weighted by atomic mass is 16.6. The van der Waals surface area contributed by atoms with Gasteiger partial charge in [0.25, 0.3) is 5.79 Å².